The molecule has 0 unspecified atom stereocenters. The molecule has 0 atom stereocenters. The molecule has 0 amide bonds. The van der Waals surface area contributed by atoms with E-state index in [9.17, 15) is 4.79 Å². The fraction of sp³-hybridized carbons (Fsp3) is 0. The Balaban J connectivity index is 2.36. The zero-order valence-corrected chi connectivity index (χ0v) is 11.9. The number of hydrogen-bond donors (Lipinski definition) is 0. The summed E-state index contributed by atoms with van der Waals surface area (Å²) >= 11 is 12.3. The zero-order valence-electron chi connectivity index (χ0n) is 10.4. The van der Waals surface area contributed by atoms with Crippen molar-refractivity contribution in [2.24, 2.45) is 0 Å². The van der Waals surface area contributed by atoms with Gasteiger partial charge in [-0.05, 0) is 34.5 Å². The van der Waals surface area contributed by atoms with Gasteiger partial charge in [0, 0.05) is 21.2 Å². The Morgan fingerprint density at radius 2 is 1.65 bits per heavy atom. The van der Waals surface area contributed by atoms with E-state index in [0.717, 1.165) is 28.2 Å². The molecular weight excluding hydrogens is 291 g/mol. The van der Waals surface area contributed by atoms with E-state index in [-0.39, 0.29) is 0 Å². The Morgan fingerprint density at radius 1 is 0.850 bits per heavy atom. The van der Waals surface area contributed by atoms with Crippen LogP contribution in [0.15, 0.2) is 54.6 Å². The molecule has 1 nitrogen and oxygen atoms in total. The second-order valence-electron chi connectivity index (χ2n) is 4.49. The lowest BCUT2D eigenvalue weighted by molar-refractivity contribution is 0.112. The third-order valence-corrected chi connectivity index (χ3v) is 3.87. The molecule has 20 heavy (non-hydrogen) atoms. The van der Waals surface area contributed by atoms with Crippen LogP contribution in [0.2, 0.25) is 10.0 Å². The van der Waals surface area contributed by atoms with Gasteiger partial charge in [0.05, 0.1) is 0 Å². The smallest absolute Gasteiger partial charge is 0.151 e. The van der Waals surface area contributed by atoms with Gasteiger partial charge in [0.25, 0.3) is 0 Å². The molecule has 0 radical (unpaired) electrons. The minimum Gasteiger partial charge on any atom is -0.298 e. The van der Waals surface area contributed by atoms with Gasteiger partial charge in [0.2, 0.25) is 0 Å². The van der Waals surface area contributed by atoms with Crippen LogP contribution in [0.4, 0.5) is 0 Å². The van der Waals surface area contributed by atoms with Crippen molar-refractivity contribution in [3.05, 3.63) is 70.2 Å². The molecule has 3 aromatic rings. The quantitative estimate of drug-likeness (QED) is 0.561. The highest BCUT2D eigenvalue weighted by Gasteiger charge is 2.12. The van der Waals surface area contributed by atoms with Crippen LogP contribution < -0.4 is 0 Å². The highest BCUT2D eigenvalue weighted by Crippen LogP contribution is 2.35. The second-order valence-corrected chi connectivity index (χ2v) is 5.33. The van der Waals surface area contributed by atoms with Crippen LogP contribution in [0.25, 0.3) is 21.9 Å². The summed E-state index contributed by atoms with van der Waals surface area (Å²) in [5.41, 5.74) is 2.20. The summed E-state index contributed by atoms with van der Waals surface area (Å²) in [5, 5.41) is 3.11. The Labute approximate surface area is 126 Å². The van der Waals surface area contributed by atoms with Gasteiger partial charge in [-0.1, -0.05) is 59.6 Å². The molecule has 0 aliphatic rings. The van der Waals surface area contributed by atoms with Crippen LogP contribution in [0.1, 0.15) is 10.4 Å². The maximum absolute atomic E-state index is 11.5. The van der Waals surface area contributed by atoms with Crippen LogP contribution in [0.3, 0.4) is 0 Å². The number of aldehydes is 1. The standard InChI is InChI=1S/C17H10Cl2O/c18-12-6-8-17(19)15(9-12)14-7-5-11-3-1-2-4-13(11)16(14)10-20/h1-10H. The van der Waals surface area contributed by atoms with Gasteiger partial charge < -0.3 is 0 Å². The topological polar surface area (TPSA) is 17.1 Å². The molecule has 0 N–H and O–H groups in total. The third-order valence-electron chi connectivity index (χ3n) is 3.31. The van der Waals surface area contributed by atoms with E-state index in [1.165, 1.54) is 0 Å². The monoisotopic (exact) mass is 300 g/mol. The van der Waals surface area contributed by atoms with Crippen molar-refractivity contribution in [2.45, 2.75) is 0 Å². The van der Waals surface area contributed by atoms with Crippen molar-refractivity contribution in [3.63, 3.8) is 0 Å². The second kappa shape index (κ2) is 5.28. The van der Waals surface area contributed by atoms with Crippen LogP contribution in [0.5, 0.6) is 0 Å². The maximum atomic E-state index is 11.5. The summed E-state index contributed by atoms with van der Waals surface area (Å²) in [5.74, 6) is 0. The summed E-state index contributed by atoms with van der Waals surface area (Å²) in [7, 11) is 0. The number of carbonyl (C=O) groups excluding carboxylic acids is 1. The van der Waals surface area contributed by atoms with Gasteiger partial charge in [-0.15, -0.1) is 0 Å². The predicted molar refractivity (Wildman–Crippen MR) is 84.8 cm³/mol. The molecule has 3 aromatic carbocycles. The molecule has 0 saturated carbocycles. The van der Waals surface area contributed by atoms with Crippen LogP contribution >= 0.6 is 23.2 Å². The van der Waals surface area contributed by atoms with Crippen molar-refractivity contribution >= 4 is 40.3 Å². The predicted octanol–water partition coefficient (Wildman–Crippen LogP) is 5.63. The van der Waals surface area contributed by atoms with E-state index in [0.29, 0.717) is 15.6 Å². The van der Waals surface area contributed by atoms with E-state index < -0.39 is 0 Å². The van der Waals surface area contributed by atoms with Gasteiger partial charge in [-0.3, -0.25) is 4.79 Å². The Hall–Kier alpha value is -1.83. The average molecular weight is 301 g/mol. The highest BCUT2D eigenvalue weighted by molar-refractivity contribution is 6.35. The van der Waals surface area contributed by atoms with Crippen LogP contribution in [0, 0.1) is 0 Å². The van der Waals surface area contributed by atoms with Gasteiger partial charge in [-0.25, -0.2) is 0 Å². The number of benzene rings is 3. The van der Waals surface area contributed by atoms with Crippen molar-refractivity contribution in [3.8, 4) is 11.1 Å². The van der Waals surface area contributed by atoms with E-state index in [2.05, 4.69) is 0 Å². The fourth-order valence-corrected chi connectivity index (χ4v) is 2.75. The molecule has 3 rings (SSSR count). The minimum absolute atomic E-state index is 0.577. The molecule has 98 valence electrons. The third kappa shape index (κ3) is 2.20. The summed E-state index contributed by atoms with van der Waals surface area (Å²) < 4.78 is 0. The highest BCUT2D eigenvalue weighted by atomic mass is 35.5. The Kier molecular flexibility index (Phi) is 3.47. The number of hydrogen-bond acceptors (Lipinski definition) is 1. The lowest BCUT2D eigenvalue weighted by atomic mass is 9.95. The molecule has 0 aromatic heterocycles. The number of carbonyl (C=O) groups is 1. The van der Waals surface area contributed by atoms with Gasteiger partial charge in [0.1, 0.15) is 0 Å². The first-order valence-electron chi connectivity index (χ1n) is 6.13. The zero-order chi connectivity index (χ0) is 14.1. The van der Waals surface area contributed by atoms with Crippen LogP contribution in [-0.2, 0) is 0 Å². The lowest BCUT2D eigenvalue weighted by Crippen LogP contribution is -1.91. The first kappa shape index (κ1) is 13.2. The maximum Gasteiger partial charge on any atom is 0.151 e. The molecule has 0 bridgehead atoms. The summed E-state index contributed by atoms with van der Waals surface area (Å²) in [6.45, 7) is 0. The lowest BCUT2D eigenvalue weighted by Gasteiger charge is -2.10. The first-order valence-corrected chi connectivity index (χ1v) is 6.88. The van der Waals surface area contributed by atoms with E-state index in [4.69, 9.17) is 23.2 Å². The van der Waals surface area contributed by atoms with E-state index in [1.54, 1.807) is 18.2 Å². The summed E-state index contributed by atoms with van der Waals surface area (Å²) in [4.78, 5) is 11.5. The largest absolute Gasteiger partial charge is 0.298 e. The van der Waals surface area contributed by atoms with Gasteiger partial charge in [0.15, 0.2) is 6.29 Å². The number of fused-ring (bicyclic) bond motifs is 1. The molecule has 0 aliphatic heterocycles. The number of rotatable bonds is 2. The Bertz CT molecular complexity index is 809. The molecule has 0 fully saturated rings. The molecule has 0 saturated heterocycles. The normalized spacial score (nSPS) is 10.7. The molecule has 0 spiro atoms. The van der Waals surface area contributed by atoms with Crippen molar-refractivity contribution in [2.75, 3.05) is 0 Å². The van der Waals surface area contributed by atoms with Gasteiger partial charge in [-0.2, -0.15) is 0 Å². The number of halogens is 2. The first-order chi connectivity index (χ1) is 9.70. The molecule has 0 aliphatic carbocycles. The SMILES string of the molecule is O=Cc1c(-c2cc(Cl)ccc2Cl)ccc2ccccc12. The summed E-state index contributed by atoms with van der Waals surface area (Å²) in [6.07, 6.45) is 0.870. The van der Waals surface area contributed by atoms with Crippen molar-refractivity contribution in [1.82, 2.24) is 0 Å². The fourth-order valence-electron chi connectivity index (χ4n) is 2.36. The molecule has 3 heteroatoms. The van der Waals surface area contributed by atoms with Crippen molar-refractivity contribution in [1.29, 1.82) is 0 Å². The van der Waals surface area contributed by atoms with Gasteiger partial charge >= 0.3 is 0 Å². The van der Waals surface area contributed by atoms with Crippen LogP contribution in [-0.4, -0.2) is 6.29 Å². The van der Waals surface area contributed by atoms with E-state index >= 15 is 0 Å². The Morgan fingerprint density at radius 3 is 2.45 bits per heavy atom. The molecular formula is C17H10Cl2O. The average Bonchev–Trinajstić information content (AvgIpc) is 2.48. The van der Waals surface area contributed by atoms with Crippen molar-refractivity contribution < 1.29 is 4.79 Å². The minimum atomic E-state index is 0.577. The summed E-state index contributed by atoms with van der Waals surface area (Å²) in [6, 6.07) is 16.9. The van der Waals surface area contributed by atoms with E-state index in [1.807, 2.05) is 36.4 Å². The molecule has 0 heterocycles.